The van der Waals surface area contributed by atoms with E-state index in [9.17, 15) is 0 Å². The van der Waals surface area contributed by atoms with Crippen LogP contribution in [0.5, 0.6) is 0 Å². The summed E-state index contributed by atoms with van der Waals surface area (Å²) in [7, 11) is 2.05. The monoisotopic (exact) mass is 252 g/mol. The summed E-state index contributed by atoms with van der Waals surface area (Å²) < 4.78 is 19.8. The molecule has 0 aliphatic heterocycles. The van der Waals surface area contributed by atoms with Gasteiger partial charge in [-0.1, -0.05) is 18.2 Å². The van der Waals surface area contributed by atoms with E-state index in [0.29, 0.717) is 6.42 Å². The molecule has 1 heteroatoms. The molecule has 1 heterocycles. The van der Waals surface area contributed by atoms with E-state index in [4.69, 9.17) is 2.74 Å². The first-order valence-corrected chi connectivity index (χ1v) is 7.04. The molecule has 2 unspecified atom stereocenters. The SMILES string of the molecule is [2H]C12CCC([2H])(C1)c1c2cc[n+](C)c1-c1ccccc1C. The summed E-state index contributed by atoms with van der Waals surface area (Å²) in [5, 5.41) is 0. The number of rotatable bonds is 1. The quantitative estimate of drug-likeness (QED) is 0.679. The molecule has 2 atom stereocenters. The molecular weight excluding hydrogens is 230 g/mol. The van der Waals surface area contributed by atoms with Crippen molar-refractivity contribution in [3.8, 4) is 11.3 Å². The predicted octanol–water partition coefficient (Wildman–Crippen LogP) is 3.85. The van der Waals surface area contributed by atoms with Crippen LogP contribution in [0.2, 0.25) is 0 Å². The van der Waals surface area contributed by atoms with E-state index in [1.54, 1.807) is 0 Å². The van der Waals surface area contributed by atoms with Gasteiger partial charge in [-0.2, -0.15) is 0 Å². The topological polar surface area (TPSA) is 3.88 Å². The maximum atomic E-state index is 8.90. The van der Waals surface area contributed by atoms with Crippen LogP contribution in [-0.4, -0.2) is 0 Å². The number of nitrogens with zero attached hydrogens (tertiary/aromatic N) is 1. The molecule has 2 bridgehead atoms. The van der Waals surface area contributed by atoms with Crippen LogP contribution < -0.4 is 4.57 Å². The number of fused-ring (bicyclic) bond motifs is 5. The Hall–Kier alpha value is -1.63. The summed E-state index contributed by atoms with van der Waals surface area (Å²) in [6.07, 6.45) is 4.34. The van der Waals surface area contributed by atoms with Crippen molar-refractivity contribution in [3.63, 3.8) is 0 Å². The van der Waals surface area contributed by atoms with Crippen LogP contribution >= 0.6 is 0 Å². The normalized spacial score (nSPS) is 32.9. The predicted molar refractivity (Wildman–Crippen MR) is 77.1 cm³/mol. The zero-order valence-corrected chi connectivity index (χ0v) is 11.5. The van der Waals surface area contributed by atoms with Gasteiger partial charge in [-0.05, 0) is 55.2 Å². The summed E-state index contributed by atoms with van der Waals surface area (Å²) in [5.41, 5.74) is 5.74. The van der Waals surface area contributed by atoms with E-state index in [1.807, 2.05) is 7.05 Å². The van der Waals surface area contributed by atoms with Crippen LogP contribution in [-0.2, 0) is 7.05 Å². The highest BCUT2D eigenvalue weighted by Gasteiger charge is 2.41. The number of hydrogen-bond acceptors (Lipinski definition) is 0. The van der Waals surface area contributed by atoms with Gasteiger partial charge in [0.25, 0.3) is 0 Å². The van der Waals surface area contributed by atoms with Crippen LogP contribution in [0.3, 0.4) is 0 Å². The number of hydrogen-bond donors (Lipinski definition) is 0. The van der Waals surface area contributed by atoms with E-state index in [-0.39, 0.29) is 0 Å². The average Bonchev–Trinajstić information content (AvgIpc) is 2.87. The maximum absolute atomic E-state index is 8.90. The number of aryl methyl sites for hydroxylation is 2. The van der Waals surface area contributed by atoms with Gasteiger partial charge in [0.1, 0.15) is 7.05 Å². The lowest BCUT2D eigenvalue weighted by molar-refractivity contribution is -0.660. The van der Waals surface area contributed by atoms with E-state index >= 15 is 0 Å². The Morgan fingerprint density at radius 2 is 1.95 bits per heavy atom. The van der Waals surface area contributed by atoms with Crippen molar-refractivity contribution in [2.45, 2.75) is 38.0 Å². The van der Waals surface area contributed by atoms with E-state index < -0.39 is 11.8 Å². The summed E-state index contributed by atoms with van der Waals surface area (Å²) in [6, 6.07) is 10.4. The van der Waals surface area contributed by atoms with Crippen molar-refractivity contribution in [3.05, 3.63) is 53.2 Å². The van der Waals surface area contributed by atoms with Crippen LogP contribution in [0.25, 0.3) is 11.3 Å². The average molecular weight is 252 g/mol. The van der Waals surface area contributed by atoms with E-state index in [0.717, 1.165) is 29.7 Å². The summed E-state index contributed by atoms with van der Waals surface area (Å²) >= 11 is 0. The van der Waals surface area contributed by atoms with Gasteiger partial charge >= 0.3 is 0 Å². The van der Waals surface area contributed by atoms with Crippen molar-refractivity contribution in [2.24, 2.45) is 7.05 Å². The fourth-order valence-corrected chi connectivity index (χ4v) is 3.64. The molecule has 0 radical (unpaired) electrons. The second kappa shape index (κ2) is 3.93. The highest BCUT2D eigenvalue weighted by molar-refractivity contribution is 5.67. The van der Waals surface area contributed by atoms with Gasteiger partial charge in [-0.15, -0.1) is 0 Å². The molecule has 1 nitrogen and oxygen atoms in total. The summed E-state index contributed by atoms with van der Waals surface area (Å²) in [5.74, 6) is -1.11. The molecule has 0 amide bonds. The third kappa shape index (κ3) is 1.51. The second-order valence-corrected chi connectivity index (χ2v) is 5.76. The van der Waals surface area contributed by atoms with Gasteiger partial charge in [0, 0.05) is 19.9 Å². The first-order valence-electron chi connectivity index (χ1n) is 8.04. The molecule has 96 valence electrons. The van der Waals surface area contributed by atoms with Gasteiger partial charge in [-0.3, -0.25) is 0 Å². The van der Waals surface area contributed by atoms with E-state index in [1.165, 1.54) is 11.1 Å². The lowest BCUT2D eigenvalue weighted by atomic mass is 9.88. The molecule has 2 aromatic rings. The first kappa shape index (κ1) is 9.30. The van der Waals surface area contributed by atoms with Crippen molar-refractivity contribution in [1.29, 1.82) is 0 Å². The molecule has 1 aromatic heterocycles. The van der Waals surface area contributed by atoms with Crippen molar-refractivity contribution < 1.29 is 7.31 Å². The second-order valence-electron chi connectivity index (χ2n) is 5.76. The minimum absolute atomic E-state index is 0.539. The Balaban J connectivity index is 2.08. The first-order chi connectivity index (χ1) is 9.95. The number of aromatic nitrogens is 1. The Kier molecular flexibility index (Phi) is 1.92. The third-order valence-corrected chi connectivity index (χ3v) is 4.61. The van der Waals surface area contributed by atoms with Gasteiger partial charge in [-0.25, -0.2) is 4.57 Å². The Morgan fingerprint density at radius 3 is 2.79 bits per heavy atom. The zero-order valence-electron chi connectivity index (χ0n) is 13.5. The highest BCUT2D eigenvalue weighted by Crippen LogP contribution is 2.54. The molecule has 2 aliphatic rings. The van der Waals surface area contributed by atoms with Crippen molar-refractivity contribution in [1.82, 2.24) is 0 Å². The molecule has 0 saturated heterocycles. The lowest BCUT2D eigenvalue weighted by Gasteiger charge is -2.17. The van der Waals surface area contributed by atoms with Crippen LogP contribution in [0.15, 0.2) is 36.5 Å². The van der Waals surface area contributed by atoms with Gasteiger partial charge < -0.3 is 0 Å². The van der Waals surface area contributed by atoms with Crippen molar-refractivity contribution >= 4 is 0 Å². The fraction of sp³-hybridized carbons (Fsp3) is 0.389. The Labute approximate surface area is 117 Å². The Bertz CT molecular complexity index is 755. The molecule has 1 fully saturated rings. The van der Waals surface area contributed by atoms with Gasteiger partial charge in [0.05, 0.1) is 0 Å². The van der Waals surface area contributed by atoms with Crippen LogP contribution in [0.1, 0.15) is 50.5 Å². The van der Waals surface area contributed by atoms with E-state index in [2.05, 4.69) is 48.0 Å². The third-order valence-electron chi connectivity index (χ3n) is 4.61. The molecule has 2 aliphatic carbocycles. The largest absolute Gasteiger partial charge is 0.216 e. The molecule has 0 N–H and O–H groups in total. The summed E-state index contributed by atoms with van der Waals surface area (Å²) in [4.78, 5) is 0. The molecule has 19 heavy (non-hydrogen) atoms. The lowest BCUT2D eigenvalue weighted by Crippen LogP contribution is -2.33. The smallest absolute Gasteiger partial charge is 0.201 e. The van der Waals surface area contributed by atoms with Gasteiger partial charge in [0.2, 0.25) is 5.69 Å². The fourth-order valence-electron chi connectivity index (χ4n) is 3.64. The van der Waals surface area contributed by atoms with Crippen LogP contribution in [0.4, 0.5) is 0 Å². The van der Waals surface area contributed by atoms with Crippen molar-refractivity contribution in [2.75, 3.05) is 0 Å². The van der Waals surface area contributed by atoms with Crippen LogP contribution in [0, 0.1) is 6.92 Å². The molecule has 1 saturated carbocycles. The molecule has 0 spiro atoms. The maximum Gasteiger partial charge on any atom is 0.216 e. The minimum atomic E-state index is -0.576. The standard InChI is InChI=1S/C18H20N/c1-12-5-3-4-6-15(12)18-17-14-8-7-13(11-14)16(17)9-10-19(18)2/h3-6,9-10,13-14H,7-8,11H2,1-2H3/q+1/i13D,14D. The molecular formula is C18H20N+. The number of benzene rings is 1. The summed E-state index contributed by atoms with van der Waals surface area (Å²) in [6.45, 7) is 2.12. The highest BCUT2D eigenvalue weighted by atomic mass is 14.9. The zero-order chi connectivity index (χ0) is 14.8. The number of pyridine rings is 1. The minimum Gasteiger partial charge on any atom is -0.201 e. The van der Waals surface area contributed by atoms with Gasteiger partial charge in [0.15, 0.2) is 6.20 Å². The molecule has 1 aromatic carbocycles. The molecule has 4 rings (SSSR count). The Morgan fingerprint density at radius 1 is 1.16 bits per heavy atom.